The SMILES string of the molecule is Clc1cc(-c2ccc(Cl)s2)[c]s1. The quantitative estimate of drug-likeness (QED) is 0.677. The molecule has 0 spiro atoms. The van der Waals surface area contributed by atoms with Crippen LogP contribution in [0.1, 0.15) is 0 Å². The van der Waals surface area contributed by atoms with Gasteiger partial charge < -0.3 is 0 Å². The highest BCUT2D eigenvalue weighted by Crippen LogP contribution is 2.34. The van der Waals surface area contributed by atoms with Gasteiger partial charge in [0.15, 0.2) is 0 Å². The topological polar surface area (TPSA) is 0 Å². The van der Waals surface area contributed by atoms with Gasteiger partial charge in [-0.2, -0.15) is 0 Å². The molecule has 0 N–H and O–H groups in total. The van der Waals surface area contributed by atoms with E-state index in [1.165, 1.54) is 22.7 Å². The van der Waals surface area contributed by atoms with Crippen LogP contribution in [0.15, 0.2) is 18.2 Å². The molecule has 0 unspecified atom stereocenters. The Balaban J connectivity index is 2.43. The van der Waals surface area contributed by atoms with Crippen LogP contribution in [0.5, 0.6) is 0 Å². The zero-order chi connectivity index (χ0) is 8.55. The van der Waals surface area contributed by atoms with Crippen molar-refractivity contribution in [3.8, 4) is 10.4 Å². The van der Waals surface area contributed by atoms with Crippen LogP contribution in [0, 0.1) is 5.38 Å². The Morgan fingerprint density at radius 3 is 2.50 bits per heavy atom. The lowest BCUT2D eigenvalue weighted by Crippen LogP contribution is -1.59. The highest BCUT2D eigenvalue weighted by Gasteiger charge is 2.03. The van der Waals surface area contributed by atoms with E-state index >= 15 is 0 Å². The predicted octanol–water partition coefficient (Wildman–Crippen LogP) is 4.58. The zero-order valence-electron chi connectivity index (χ0n) is 5.80. The maximum absolute atomic E-state index is 5.79. The van der Waals surface area contributed by atoms with Crippen LogP contribution < -0.4 is 0 Å². The summed E-state index contributed by atoms with van der Waals surface area (Å²) in [6.07, 6.45) is 0. The Bertz CT molecular complexity index is 351. The van der Waals surface area contributed by atoms with Crippen molar-refractivity contribution in [2.75, 3.05) is 0 Å². The van der Waals surface area contributed by atoms with E-state index < -0.39 is 0 Å². The van der Waals surface area contributed by atoms with Crippen molar-refractivity contribution in [2.24, 2.45) is 0 Å². The minimum absolute atomic E-state index is 0.759. The number of rotatable bonds is 1. The summed E-state index contributed by atoms with van der Waals surface area (Å²) in [4.78, 5) is 1.11. The van der Waals surface area contributed by atoms with Crippen LogP contribution in [0.4, 0.5) is 0 Å². The number of halogens is 2. The van der Waals surface area contributed by atoms with Gasteiger partial charge in [0.25, 0.3) is 0 Å². The molecule has 0 nitrogen and oxygen atoms in total. The second-order valence-corrected chi connectivity index (χ2v) is 5.36. The summed E-state index contributed by atoms with van der Waals surface area (Å²) in [6.45, 7) is 0. The summed E-state index contributed by atoms with van der Waals surface area (Å²) in [5, 5.41) is 3.10. The molecule has 2 rings (SSSR count). The van der Waals surface area contributed by atoms with Crippen LogP contribution in [0.3, 0.4) is 0 Å². The first-order valence-electron chi connectivity index (χ1n) is 3.18. The average Bonchev–Trinajstić information content (AvgIpc) is 2.58. The fourth-order valence-corrected chi connectivity index (χ4v) is 2.71. The fraction of sp³-hybridized carbons (Fsp3) is 0. The molecule has 12 heavy (non-hydrogen) atoms. The number of hydrogen-bond acceptors (Lipinski definition) is 2. The second-order valence-electron chi connectivity index (χ2n) is 2.17. The van der Waals surface area contributed by atoms with Crippen LogP contribution in [-0.4, -0.2) is 0 Å². The Morgan fingerprint density at radius 1 is 1.17 bits per heavy atom. The van der Waals surface area contributed by atoms with Gasteiger partial charge in [0, 0.05) is 10.4 Å². The van der Waals surface area contributed by atoms with Crippen molar-refractivity contribution in [2.45, 2.75) is 0 Å². The lowest BCUT2D eigenvalue weighted by atomic mass is 10.3. The average molecular weight is 234 g/mol. The summed E-state index contributed by atoms with van der Waals surface area (Å²) in [5.41, 5.74) is 1.03. The summed E-state index contributed by atoms with van der Waals surface area (Å²) in [5.74, 6) is 0. The van der Waals surface area contributed by atoms with E-state index in [1.54, 1.807) is 0 Å². The minimum atomic E-state index is 0.759. The number of hydrogen-bond donors (Lipinski definition) is 0. The molecule has 4 heteroatoms. The van der Waals surface area contributed by atoms with E-state index in [1.807, 2.05) is 18.2 Å². The van der Waals surface area contributed by atoms with Gasteiger partial charge in [0.05, 0.1) is 14.1 Å². The second kappa shape index (κ2) is 3.38. The third kappa shape index (κ3) is 1.67. The third-order valence-corrected chi connectivity index (χ3v) is 3.59. The van der Waals surface area contributed by atoms with E-state index in [4.69, 9.17) is 23.2 Å². The molecular weight excluding hydrogens is 231 g/mol. The van der Waals surface area contributed by atoms with E-state index in [0.29, 0.717) is 0 Å². The molecule has 2 aromatic heterocycles. The molecule has 0 aliphatic carbocycles. The van der Waals surface area contributed by atoms with Crippen LogP contribution >= 0.6 is 45.9 Å². The lowest BCUT2D eigenvalue weighted by Gasteiger charge is -1.85. The monoisotopic (exact) mass is 233 g/mol. The Hall–Kier alpha value is -0.0200. The normalized spacial score (nSPS) is 10.5. The van der Waals surface area contributed by atoms with Crippen molar-refractivity contribution in [3.63, 3.8) is 0 Å². The Morgan fingerprint density at radius 2 is 2.00 bits per heavy atom. The molecule has 1 radical (unpaired) electrons. The van der Waals surface area contributed by atoms with Gasteiger partial charge in [0.2, 0.25) is 0 Å². The molecule has 0 bridgehead atoms. The molecule has 2 heterocycles. The first-order chi connectivity index (χ1) is 5.75. The van der Waals surface area contributed by atoms with E-state index in [0.717, 1.165) is 19.1 Å². The fourth-order valence-electron chi connectivity index (χ4n) is 0.857. The summed E-state index contributed by atoms with van der Waals surface area (Å²) in [7, 11) is 0. The highest BCUT2D eigenvalue weighted by atomic mass is 35.5. The summed E-state index contributed by atoms with van der Waals surface area (Å²) in [6, 6.07) is 5.75. The van der Waals surface area contributed by atoms with Crippen molar-refractivity contribution >= 4 is 45.9 Å². The summed E-state index contributed by atoms with van der Waals surface area (Å²) >= 11 is 14.5. The Labute approximate surface area is 88.4 Å². The molecule has 0 aliphatic rings. The van der Waals surface area contributed by atoms with Crippen molar-refractivity contribution in [3.05, 3.63) is 32.3 Å². The first kappa shape index (κ1) is 8.57. The van der Waals surface area contributed by atoms with Crippen molar-refractivity contribution in [1.82, 2.24) is 0 Å². The van der Waals surface area contributed by atoms with Gasteiger partial charge in [-0.3, -0.25) is 0 Å². The first-order valence-corrected chi connectivity index (χ1v) is 5.57. The molecule has 0 saturated carbocycles. The molecule has 0 fully saturated rings. The van der Waals surface area contributed by atoms with Crippen molar-refractivity contribution in [1.29, 1.82) is 0 Å². The molecule has 0 aromatic carbocycles. The van der Waals surface area contributed by atoms with Gasteiger partial charge in [-0.05, 0) is 18.2 Å². The molecule has 0 amide bonds. The van der Waals surface area contributed by atoms with Gasteiger partial charge in [-0.15, -0.1) is 22.7 Å². The largest absolute Gasteiger partial charge is 0.123 e. The van der Waals surface area contributed by atoms with Crippen LogP contribution in [0.25, 0.3) is 10.4 Å². The molecule has 0 saturated heterocycles. The van der Waals surface area contributed by atoms with E-state index in [-0.39, 0.29) is 0 Å². The molecule has 0 atom stereocenters. The predicted molar refractivity (Wildman–Crippen MR) is 56.5 cm³/mol. The highest BCUT2D eigenvalue weighted by molar-refractivity contribution is 7.20. The molecular formula is C8H3Cl2S2. The van der Waals surface area contributed by atoms with Gasteiger partial charge in [-0.25, -0.2) is 0 Å². The minimum Gasteiger partial charge on any atom is -0.123 e. The standard InChI is InChI=1S/C8H3Cl2S2/c9-7-2-1-6(12-7)5-3-8(10)11-4-5/h1-3H. The maximum Gasteiger partial charge on any atom is 0.0941 e. The Kier molecular flexibility index (Phi) is 2.42. The third-order valence-electron chi connectivity index (χ3n) is 1.35. The molecule has 2 aromatic rings. The number of thiophene rings is 2. The van der Waals surface area contributed by atoms with Crippen molar-refractivity contribution < 1.29 is 0 Å². The van der Waals surface area contributed by atoms with Crippen LogP contribution in [0.2, 0.25) is 8.67 Å². The molecule has 0 aliphatic heterocycles. The van der Waals surface area contributed by atoms with Crippen LogP contribution in [-0.2, 0) is 0 Å². The maximum atomic E-state index is 5.79. The zero-order valence-corrected chi connectivity index (χ0v) is 8.95. The van der Waals surface area contributed by atoms with Gasteiger partial charge in [0.1, 0.15) is 0 Å². The summed E-state index contributed by atoms with van der Waals surface area (Å²) < 4.78 is 1.55. The smallest absolute Gasteiger partial charge is 0.0941 e. The van der Waals surface area contributed by atoms with Gasteiger partial charge in [-0.1, -0.05) is 23.2 Å². The lowest BCUT2D eigenvalue weighted by molar-refractivity contribution is 1.88. The van der Waals surface area contributed by atoms with E-state index in [9.17, 15) is 0 Å². The van der Waals surface area contributed by atoms with Gasteiger partial charge >= 0.3 is 0 Å². The van der Waals surface area contributed by atoms with E-state index in [2.05, 4.69) is 5.38 Å². The molecule has 61 valence electrons.